The first-order chi connectivity index (χ1) is 17.5. The second-order valence-corrected chi connectivity index (χ2v) is 11.4. The molecule has 1 aromatic heterocycles. The molecule has 2 aromatic rings. The molecule has 1 aliphatic heterocycles. The van der Waals surface area contributed by atoms with Crippen molar-refractivity contribution in [3.63, 3.8) is 0 Å². The van der Waals surface area contributed by atoms with E-state index in [0.717, 1.165) is 0 Å². The smallest absolute Gasteiger partial charge is 0.414 e. The van der Waals surface area contributed by atoms with E-state index in [1.807, 2.05) is 0 Å². The fraction of sp³-hybridized carbons (Fsp3) is 0.519. The summed E-state index contributed by atoms with van der Waals surface area (Å²) < 4.78 is 25.5. The molecule has 10 nitrogen and oxygen atoms in total. The van der Waals surface area contributed by atoms with Crippen LogP contribution in [-0.2, 0) is 9.47 Å². The number of terminal acetylenes is 1. The van der Waals surface area contributed by atoms with Gasteiger partial charge in [0.1, 0.15) is 28.7 Å². The lowest BCUT2D eigenvalue weighted by molar-refractivity contribution is 0.0481. The summed E-state index contributed by atoms with van der Waals surface area (Å²) in [6.45, 7) is 10.9. The lowest BCUT2D eigenvalue weighted by atomic mass is 9.96. The van der Waals surface area contributed by atoms with Crippen molar-refractivity contribution in [1.29, 1.82) is 5.41 Å². The highest BCUT2D eigenvalue weighted by molar-refractivity contribution is 6.15. The average Bonchev–Trinajstić information content (AvgIpc) is 3.10. The SMILES string of the molecule is C#CC1CC(NC(=O)OC(C)(C)C)CCN1C(=N)c1c(N)[nH]c2c(N(C)C(=O)OC(C)(C)C)cc(F)cc12. The third kappa shape index (κ3) is 6.49. The predicted octanol–water partition coefficient (Wildman–Crippen LogP) is 4.58. The Morgan fingerprint density at radius 2 is 1.87 bits per heavy atom. The molecule has 0 saturated carbocycles. The Morgan fingerprint density at radius 1 is 1.24 bits per heavy atom. The van der Waals surface area contributed by atoms with Crippen LogP contribution >= 0.6 is 0 Å². The van der Waals surface area contributed by atoms with Crippen LogP contribution in [0.4, 0.5) is 25.5 Å². The van der Waals surface area contributed by atoms with Crippen LogP contribution < -0.4 is 16.0 Å². The largest absolute Gasteiger partial charge is 0.444 e. The van der Waals surface area contributed by atoms with E-state index in [9.17, 15) is 14.0 Å². The third-order valence-corrected chi connectivity index (χ3v) is 5.95. The summed E-state index contributed by atoms with van der Waals surface area (Å²) in [5.74, 6) is 2.24. The zero-order chi connectivity index (χ0) is 28.6. The Bertz CT molecular complexity index is 1280. The number of nitrogens with one attached hydrogen (secondary N) is 3. The summed E-state index contributed by atoms with van der Waals surface area (Å²) >= 11 is 0. The zero-order valence-corrected chi connectivity index (χ0v) is 23.0. The van der Waals surface area contributed by atoms with Gasteiger partial charge in [-0.15, -0.1) is 6.42 Å². The molecule has 0 radical (unpaired) electrons. The molecule has 0 aliphatic carbocycles. The van der Waals surface area contributed by atoms with Gasteiger partial charge in [0.25, 0.3) is 0 Å². The Hall–Kier alpha value is -3.94. The predicted molar refractivity (Wildman–Crippen MR) is 146 cm³/mol. The van der Waals surface area contributed by atoms with E-state index in [4.69, 9.17) is 27.0 Å². The minimum atomic E-state index is -0.742. The molecule has 2 unspecified atom stereocenters. The minimum Gasteiger partial charge on any atom is -0.444 e. The van der Waals surface area contributed by atoms with Crippen molar-refractivity contribution in [3.8, 4) is 12.3 Å². The molecule has 2 amide bonds. The fourth-order valence-electron chi connectivity index (χ4n) is 4.35. The number of hydrogen-bond donors (Lipinski definition) is 4. The number of nitrogens with zero attached hydrogens (tertiary/aromatic N) is 2. The molecule has 1 saturated heterocycles. The molecule has 3 rings (SSSR count). The standard InChI is InChI=1S/C27H37FN6O4/c1-9-17-14-16(31-24(35)37-26(2,3)4)10-11-34(17)23(30)20-18-12-15(28)13-19(21(18)32-22(20)29)33(8)25(36)38-27(5,6)7/h1,12-13,16-17,30,32H,10-11,14,29H2,2-8H3,(H,31,35). The first-order valence-electron chi connectivity index (χ1n) is 12.4. The highest BCUT2D eigenvalue weighted by Crippen LogP contribution is 2.35. The van der Waals surface area contributed by atoms with E-state index in [2.05, 4.69) is 16.2 Å². The van der Waals surface area contributed by atoms with Crippen LogP contribution in [0, 0.1) is 23.6 Å². The molecule has 206 valence electrons. The number of aromatic nitrogens is 1. The van der Waals surface area contributed by atoms with Gasteiger partial charge in [-0.3, -0.25) is 10.3 Å². The minimum absolute atomic E-state index is 0.0175. The molecule has 5 N–H and O–H groups in total. The molecule has 0 bridgehead atoms. The number of ether oxygens (including phenoxy) is 2. The van der Waals surface area contributed by atoms with Gasteiger partial charge in [0, 0.05) is 25.0 Å². The van der Waals surface area contributed by atoms with E-state index in [-0.39, 0.29) is 28.9 Å². The van der Waals surface area contributed by atoms with E-state index in [0.29, 0.717) is 30.3 Å². The number of anilines is 2. The van der Waals surface area contributed by atoms with Crippen LogP contribution in [0.5, 0.6) is 0 Å². The lowest BCUT2D eigenvalue weighted by Gasteiger charge is -2.38. The fourth-order valence-corrected chi connectivity index (χ4v) is 4.35. The normalized spacial score (nSPS) is 18.0. The second kappa shape index (κ2) is 10.4. The van der Waals surface area contributed by atoms with Crippen molar-refractivity contribution in [2.24, 2.45) is 0 Å². The van der Waals surface area contributed by atoms with Gasteiger partial charge in [-0.05, 0) is 66.5 Å². The van der Waals surface area contributed by atoms with Gasteiger partial charge in [-0.1, -0.05) is 5.92 Å². The number of carbonyl (C=O) groups is 2. The number of amidine groups is 1. The number of amides is 2. The van der Waals surface area contributed by atoms with Crippen LogP contribution in [0.3, 0.4) is 0 Å². The Balaban J connectivity index is 1.89. The van der Waals surface area contributed by atoms with Gasteiger partial charge >= 0.3 is 12.2 Å². The molecule has 11 heteroatoms. The first kappa shape index (κ1) is 28.6. The number of likely N-dealkylation sites (tertiary alicyclic amines) is 1. The number of rotatable bonds is 3. The summed E-state index contributed by atoms with van der Waals surface area (Å²) in [6, 6.07) is 1.72. The average molecular weight is 529 g/mol. The first-order valence-corrected chi connectivity index (χ1v) is 12.4. The van der Waals surface area contributed by atoms with Crippen molar-refractivity contribution in [2.75, 3.05) is 24.2 Å². The summed E-state index contributed by atoms with van der Waals surface area (Å²) in [5, 5.41) is 12.1. The third-order valence-electron chi connectivity index (χ3n) is 5.95. The van der Waals surface area contributed by atoms with E-state index >= 15 is 0 Å². The maximum Gasteiger partial charge on any atom is 0.414 e. The van der Waals surface area contributed by atoms with Crippen molar-refractivity contribution in [2.45, 2.75) is 77.7 Å². The Kier molecular flexibility index (Phi) is 7.86. The lowest BCUT2D eigenvalue weighted by Crippen LogP contribution is -2.52. The van der Waals surface area contributed by atoms with Crippen molar-refractivity contribution in [1.82, 2.24) is 15.2 Å². The number of piperidine rings is 1. The topological polar surface area (TPSA) is 137 Å². The molecule has 1 aromatic carbocycles. The molecule has 2 atom stereocenters. The number of benzene rings is 1. The monoisotopic (exact) mass is 528 g/mol. The van der Waals surface area contributed by atoms with Gasteiger partial charge in [0.2, 0.25) is 0 Å². The summed E-state index contributed by atoms with van der Waals surface area (Å²) in [6.07, 6.45) is 5.53. The van der Waals surface area contributed by atoms with Gasteiger partial charge in [-0.2, -0.15) is 0 Å². The number of alkyl carbamates (subject to hydrolysis) is 1. The maximum absolute atomic E-state index is 14.8. The number of halogens is 1. The number of nitrogen functional groups attached to an aromatic ring is 1. The number of nitrogens with two attached hydrogens (primary N) is 1. The van der Waals surface area contributed by atoms with Crippen LogP contribution in [0.2, 0.25) is 0 Å². The maximum atomic E-state index is 14.8. The zero-order valence-electron chi connectivity index (χ0n) is 23.0. The molecular weight excluding hydrogens is 491 g/mol. The quantitative estimate of drug-likeness (QED) is 0.262. The number of H-pyrrole nitrogens is 1. The highest BCUT2D eigenvalue weighted by Gasteiger charge is 2.33. The Morgan fingerprint density at radius 3 is 2.45 bits per heavy atom. The van der Waals surface area contributed by atoms with Gasteiger partial charge in [-0.25, -0.2) is 14.0 Å². The van der Waals surface area contributed by atoms with Gasteiger partial charge in [0.05, 0.1) is 22.8 Å². The second-order valence-electron chi connectivity index (χ2n) is 11.4. The summed E-state index contributed by atoms with van der Waals surface area (Å²) in [4.78, 5) is 30.8. The Labute approximate surface area is 222 Å². The number of fused-ring (bicyclic) bond motifs is 1. The summed E-state index contributed by atoms with van der Waals surface area (Å²) in [7, 11) is 1.47. The molecule has 2 heterocycles. The number of carbonyl (C=O) groups excluding carboxylic acids is 2. The summed E-state index contributed by atoms with van der Waals surface area (Å²) in [5.41, 5.74) is 5.80. The highest BCUT2D eigenvalue weighted by atomic mass is 19.1. The molecule has 1 aliphatic rings. The van der Waals surface area contributed by atoms with Crippen molar-refractivity contribution < 1.29 is 23.5 Å². The van der Waals surface area contributed by atoms with Crippen LogP contribution in [0.1, 0.15) is 59.9 Å². The molecule has 0 spiro atoms. The van der Waals surface area contributed by atoms with Crippen LogP contribution in [-0.4, -0.2) is 64.8 Å². The van der Waals surface area contributed by atoms with Crippen LogP contribution in [0.25, 0.3) is 10.9 Å². The van der Waals surface area contributed by atoms with E-state index < -0.39 is 35.2 Å². The molecule has 38 heavy (non-hydrogen) atoms. The van der Waals surface area contributed by atoms with E-state index in [1.54, 1.807) is 46.4 Å². The number of aromatic amines is 1. The molecule has 1 fully saturated rings. The van der Waals surface area contributed by atoms with E-state index in [1.165, 1.54) is 24.1 Å². The van der Waals surface area contributed by atoms with Gasteiger partial charge in [0.15, 0.2) is 0 Å². The van der Waals surface area contributed by atoms with Crippen molar-refractivity contribution >= 4 is 40.4 Å². The van der Waals surface area contributed by atoms with Gasteiger partial charge < -0.3 is 30.4 Å². The molecular formula is C27H37FN6O4. The van der Waals surface area contributed by atoms with Crippen molar-refractivity contribution in [3.05, 3.63) is 23.5 Å². The number of hydrogen-bond acceptors (Lipinski definition) is 6. The van der Waals surface area contributed by atoms with Crippen LogP contribution in [0.15, 0.2) is 12.1 Å².